The molecule has 1 amide bonds. The van der Waals surface area contributed by atoms with Gasteiger partial charge >= 0.3 is 5.97 Å². The number of primary amides is 1. The van der Waals surface area contributed by atoms with Crippen molar-refractivity contribution in [3.8, 4) is 0 Å². The standard InChI is InChI=1S/C23H39N3O3/c1-3-4-5-6-7-8-9-10-11-12-13-14-15-16-17-19(23(28)29)20-21(22(24)27)26(2)18-25-20/h10-11,18-19H,3-9,12-17H2,1-2H3,(H2,24,27)(H,28,29). The fourth-order valence-electron chi connectivity index (χ4n) is 3.62. The van der Waals surface area contributed by atoms with E-state index in [1.165, 1.54) is 55.8 Å². The van der Waals surface area contributed by atoms with Crippen molar-refractivity contribution >= 4 is 11.9 Å². The second kappa shape index (κ2) is 14.8. The van der Waals surface area contributed by atoms with Crippen LogP contribution in [-0.2, 0) is 11.8 Å². The first-order chi connectivity index (χ1) is 14.0. The van der Waals surface area contributed by atoms with Crippen LogP contribution in [-0.4, -0.2) is 26.5 Å². The fourth-order valence-corrected chi connectivity index (χ4v) is 3.62. The van der Waals surface area contributed by atoms with Gasteiger partial charge in [-0.25, -0.2) is 4.98 Å². The summed E-state index contributed by atoms with van der Waals surface area (Å²) in [5, 5.41) is 9.54. The third-order valence-electron chi connectivity index (χ3n) is 5.33. The quantitative estimate of drug-likeness (QED) is 0.270. The third kappa shape index (κ3) is 9.77. The molecule has 6 nitrogen and oxygen atoms in total. The molecule has 1 heterocycles. The smallest absolute Gasteiger partial charge is 0.312 e. The Morgan fingerprint density at radius 1 is 1.03 bits per heavy atom. The van der Waals surface area contributed by atoms with E-state index in [1.807, 2.05) is 0 Å². The molecule has 6 heteroatoms. The number of rotatable bonds is 17. The van der Waals surface area contributed by atoms with Crippen LogP contribution in [0, 0.1) is 0 Å². The van der Waals surface area contributed by atoms with Gasteiger partial charge in [-0.2, -0.15) is 0 Å². The molecule has 1 aromatic rings. The Hall–Kier alpha value is -2.11. The van der Waals surface area contributed by atoms with Gasteiger partial charge in [0, 0.05) is 7.05 Å². The lowest BCUT2D eigenvalue weighted by Crippen LogP contribution is -2.21. The van der Waals surface area contributed by atoms with Crippen LogP contribution < -0.4 is 5.73 Å². The van der Waals surface area contributed by atoms with Crippen molar-refractivity contribution in [1.29, 1.82) is 0 Å². The number of imidazole rings is 1. The number of aliphatic carboxylic acids is 1. The normalized spacial score (nSPS) is 12.5. The zero-order valence-corrected chi connectivity index (χ0v) is 18.2. The Kier molecular flexibility index (Phi) is 12.7. The first kappa shape index (κ1) is 24.9. The average molecular weight is 406 g/mol. The number of aromatic nitrogens is 2. The first-order valence-electron chi connectivity index (χ1n) is 11.2. The molecule has 0 aliphatic rings. The summed E-state index contributed by atoms with van der Waals surface area (Å²) < 4.78 is 1.49. The second-order valence-corrected chi connectivity index (χ2v) is 7.86. The molecule has 29 heavy (non-hydrogen) atoms. The van der Waals surface area contributed by atoms with E-state index in [1.54, 1.807) is 7.05 Å². The zero-order valence-electron chi connectivity index (χ0n) is 18.2. The van der Waals surface area contributed by atoms with Crippen LogP contribution in [0.15, 0.2) is 18.5 Å². The second-order valence-electron chi connectivity index (χ2n) is 7.86. The molecule has 1 aromatic heterocycles. The summed E-state index contributed by atoms with van der Waals surface area (Å²) >= 11 is 0. The van der Waals surface area contributed by atoms with Gasteiger partial charge in [0.05, 0.1) is 12.0 Å². The molecule has 1 unspecified atom stereocenters. The Morgan fingerprint density at radius 2 is 1.59 bits per heavy atom. The summed E-state index contributed by atoms with van der Waals surface area (Å²) in [6.07, 6.45) is 20.8. The van der Waals surface area contributed by atoms with Gasteiger partial charge in [-0.1, -0.05) is 70.4 Å². The molecule has 0 aromatic carbocycles. The highest BCUT2D eigenvalue weighted by Gasteiger charge is 2.27. The van der Waals surface area contributed by atoms with Crippen molar-refractivity contribution in [3.05, 3.63) is 29.9 Å². The fraction of sp³-hybridized carbons (Fsp3) is 0.696. The maximum atomic E-state index is 11.6. The van der Waals surface area contributed by atoms with Crippen LogP contribution in [0.4, 0.5) is 0 Å². The molecule has 0 aliphatic carbocycles. The van der Waals surface area contributed by atoms with E-state index in [9.17, 15) is 14.7 Å². The van der Waals surface area contributed by atoms with Gasteiger partial charge in [0.15, 0.2) is 0 Å². The maximum absolute atomic E-state index is 11.6. The van der Waals surface area contributed by atoms with Crippen molar-refractivity contribution in [2.45, 2.75) is 96.3 Å². The monoisotopic (exact) mass is 405 g/mol. The predicted molar refractivity (Wildman–Crippen MR) is 117 cm³/mol. The zero-order chi connectivity index (χ0) is 21.5. The highest BCUT2D eigenvalue weighted by Crippen LogP contribution is 2.25. The van der Waals surface area contributed by atoms with E-state index in [-0.39, 0.29) is 11.4 Å². The van der Waals surface area contributed by atoms with E-state index in [0.29, 0.717) is 6.42 Å². The third-order valence-corrected chi connectivity index (χ3v) is 5.33. The molecule has 0 saturated carbocycles. The lowest BCUT2D eigenvalue weighted by atomic mass is 9.95. The summed E-state index contributed by atoms with van der Waals surface area (Å²) in [5.41, 5.74) is 5.85. The lowest BCUT2D eigenvalue weighted by molar-refractivity contribution is -0.139. The largest absolute Gasteiger partial charge is 0.481 e. The number of carbonyl (C=O) groups excluding carboxylic acids is 1. The predicted octanol–water partition coefficient (Wildman–Crippen LogP) is 5.33. The molecule has 0 spiro atoms. The molecule has 1 atom stereocenters. The number of hydrogen-bond acceptors (Lipinski definition) is 3. The van der Waals surface area contributed by atoms with Crippen molar-refractivity contribution in [2.24, 2.45) is 12.8 Å². The molecule has 0 aliphatic heterocycles. The number of carboxylic acids is 1. The Labute approximate surface area is 175 Å². The number of amides is 1. The molecular formula is C23H39N3O3. The average Bonchev–Trinajstić information content (AvgIpc) is 3.06. The van der Waals surface area contributed by atoms with Crippen molar-refractivity contribution < 1.29 is 14.7 Å². The topological polar surface area (TPSA) is 98.2 Å². The molecular weight excluding hydrogens is 366 g/mol. The van der Waals surface area contributed by atoms with Crippen LogP contribution in [0.1, 0.15) is 112 Å². The molecule has 164 valence electrons. The molecule has 3 N–H and O–H groups in total. The Balaban J connectivity index is 2.19. The molecule has 1 rings (SSSR count). The molecule has 0 bridgehead atoms. The van der Waals surface area contributed by atoms with E-state index < -0.39 is 17.8 Å². The summed E-state index contributed by atoms with van der Waals surface area (Å²) in [4.78, 5) is 27.3. The van der Waals surface area contributed by atoms with Gasteiger partial charge in [0.1, 0.15) is 11.6 Å². The van der Waals surface area contributed by atoms with Crippen LogP contribution in [0.3, 0.4) is 0 Å². The number of nitrogens with zero attached hydrogens (tertiary/aromatic N) is 2. The maximum Gasteiger partial charge on any atom is 0.312 e. The first-order valence-corrected chi connectivity index (χ1v) is 11.2. The van der Waals surface area contributed by atoms with Crippen LogP contribution in [0.2, 0.25) is 0 Å². The van der Waals surface area contributed by atoms with Crippen LogP contribution in [0.25, 0.3) is 0 Å². The summed E-state index contributed by atoms with van der Waals surface area (Å²) in [5.74, 6) is -2.38. The van der Waals surface area contributed by atoms with Crippen molar-refractivity contribution in [1.82, 2.24) is 9.55 Å². The minimum absolute atomic E-state index is 0.188. The number of unbranched alkanes of at least 4 members (excludes halogenated alkanes) is 10. The molecule has 0 fully saturated rings. The van der Waals surface area contributed by atoms with Gasteiger partial charge in [-0.15, -0.1) is 0 Å². The minimum Gasteiger partial charge on any atom is -0.481 e. The highest BCUT2D eigenvalue weighted by molar-refractivity contribution is 5.94. The van der Waals surface area contributed by atoms with E-state index >= 15 is 0 Å². The van der Waals surface area contributed by atoms with Gasteiger partial charge in [-0.3, -0.25) is 9.59 Å². The Morgan fingerprint density at radius 3 is 2.14 bits per heavy atom. The Bertz CT molecular complexity index is 637. The van der Waals surface area contributed by atoms with Gasteiger partial charge in [0.25, 0.3) is 5.91 Å². The summed E-state index contributed by atoms with van der Waals surface area (Å²) in [6.45, 7) is 2.24. The number of allylic oxidation sites excluding steroid dienone is 2. The number of nitrogens with two attached hydrogens (primary N) is 1. The number of carboxylic acid groups (broad SMARTS) is 1. The number of carbonyl (C=O) groups is 2. The molecule has 0 radical (unpaired) electrons. The highest BCUT2D eigenvalue weighted by atomic mass is 16.4. The van der Waals surface area contributed by atoms with Gasteiger partial charge in [0.2, 0.25) is 0 Å². The van der Waals surface area contributed by atoms with E-state index in [4.69, 9.17) is 5.73 Å². The number of hydrogen-bond donors (Lipinski definition) is 2. The molecule has 0 saturated heterocycles. The summed E-state index contributed by atoms with van der Waals surface area (Å²) in [7, 11) is 1.65. The van der Waals surface area contributed by atoms with E-state index in [0.717, 1.165) is 32.1 Å². The van der Waals surface area contributed by atoms with E-state index in [2.05, 4.69) is 24.1 Å². The van der Waals surface area contributed by atoms with Crippen molar-refractivity contribution in [3.63, 3.8) is 0 Å². The number of aryl methyl sites for hydroxylation is 1. The SMILES string of the molecule is CCCCCCCCC=CCCCCCCC(C(=O)O)c1ncn(C)c1C(N)=O. The van der Waals surface area contributed by atoms with Crippen LogP contribution in [0.5, 0.6) is 0 Å². The lowest BCUT2D eigenvalue weighted by Gasteiger charge is -2.11. The minimum atomic E-state index is -0.955. The van der Waals surface area contributed by atoms with Crippen molar-refractivity contribution in [2.75, 3.05) is 0 Å². The van der Waals surface area contributed by atoms with Gasteiger partial charge < -0.3 is 15.4 Å². The van der Waals surface area contributed by atoms with Gasteiger partial charge in [-0.05, 0) is 32.1 Å². The van der Waals surface area contributed by atoms with Crippen LogP contribution >= 0.6 is 0 Å². The summed E-state index contributed by atoms with van der Waals surface area (Å²) in [6, 6.07) is 0.